The van der Waals surface area contributed by atoms with Crippen molar-refractivity contribution in [2.45, 2.75) is 16.3 Å². The average Bonchev–Trinajstić information content (AvgIpc) is 2.58. The summed E-state index contributed by atoms with van der Waals surface area (Å²) in [5, 5.41) is 21.5. The highest BCUT2D eigenvalue weighted by Gasteiger charge is 2.54. The highest BCUT2D eigenvalue weighted by molar-refractivity contribution is 8.00. The molecule has 1 unspecified atom stereocenters. The van der Waals surface area contributed by atoms with Gasteiger partial charge in [-0.1, -0.05) is 11.6 Å². The van der Waals surface area contributed by atoms with Crippen LogP contribution in [0.1, 0.15) is 0 Å². The molecule has 1 aromatic rings. The van der Waals surface area contributed by atoms with Crippen molar-refractivity contribution in [2.24, 2.45) is 0 Å². The minimum absolute atomic E-state index is 0.0853. The first-order valence-electron chi connectivity index (χ1n) is 7.16. The first kappa shape index (κ1) is 18.0. The molecule has 2 atom stereocenters. The van der Waals surface area contributed by atoms with E-state index in [0.717, 1.165) is 9.80 Å². The Balaban J connectivity index is 1.58. The third-order valence-electron chi connectivity index (χ3n) is 3.65. The number of hydrogen-bond donors (Lipinski definition) is 3. The van der Waals surface area contributed by atoms with Crippen LogP contribution in [0.15, 0.2) is 40.6 Å². The number of carbonyl (C=O) groups excluding carboxylic acids is 2. The number of hydrogen-bond acceptors (Lipinski definition) is 6. The molecule has 0 spiro atoms. The van der Waals surface area contributed by atoms with Crippen LogP contribution in [0, 0.1) is 0 Å². The molecule has 132 valence electrons. The lowest BCUT2D eigenvalue weighted by Gasteiger charge is -2.48. The number of rotatable bonds is 5. The number of aliphatic hydroxyl groups is 1. The summed E-state index contributed by atoms with van der Waals surface area (Å²) in [6.45, 7) is 0. The monoisotopic (exact) mass is 400 g/mol. The summed E-state index contributed by atoms with van der Waals surface area (Å²) in [6.07, 6.45) is 0. The summed E-state index contributed by atoms with van der Waals surface area (Å²) < 4.78 is 0. The average molecular weight is 401 g/mol. The molecule has 2 aliphatic rings. The number of amides is 2. The van der Waals surface area contributed by atoms with Crippen molar-refractivity contribution >= 4 is 52.9 Å². The Bertz CT molecular complexity index is 768. The standard InChI is InChI=1S/C15H13ClN2O5S2/c16-7-1-3-8(4-2-7)24-6-10(20)17-11-13(21)18-12(15(22)23)9(19)5-25-14(11)18/h1-4,11,14,19H,5-6H2,(H,17,20)(H,22,23)/t11?,14-/m0/s1. The van der Waals surface area contributed by atoms with Gasteiger partial charge in [-0.15, -0.1) is 23.5 Å². The van der Waals surface area contributed by atoms with E-state index in [9.17, 15) is 19.5 Å². The molecule has 25 heavy (non-hydrogen) atoms. The van der Waals surface area contributed by atoms with E-state index in [-0.39, 0.29) is 23.2 Å². The van der Waals surface area contributed by atoms with E-state index in [1.165, 1.54) is 23.5 Å². The van der Waals surface area contributed by atoms with E-state index in [2.05, 4.69) is 5.32 Å². The molecule has 1 fully saturated rings. The number of nitrogens with zero attached hydrogens (tertiary/aromatic N) is 1. The van der Waals surface area contributed by atoms with Crippen LogP contribution in [-0.2, 0) is 14.4 Å². The number of nitrogens with one attached hydrogen (secondary N) is 1. The number of fused-ring (bicyclic) bond motifs is 1. The summed E-state index contributed by atoms with van der Waals surface area (Å²) in [6, 6.07) is 6.24. The third kappa shape index (κ3) is 3.58. The molecular formula is C15H13ClN2O5S2. The van der Waals surface area contributed by atoms with Gasteiger partial charge in [-0.2, -0.15) is 0 Å². The Morgan fingerprint density at radius 2 is 2.04 bits per heavy atom. The number of carboxylic acids is 1. The summed E-state index contributed by atoms with van der Waals surface area (Å²) in [4.78, 5) is 37.3. The fourth-order valence-electron chi connectivity index (χ4n) is 2.50. The predicted octanol–water partition coefficient (Wildman–Crippen LogP) is 1.69. The number of thioether (sulfide) groups is 2. The van der Waals surface area contributed by atoms with Gasteiger partial charge in [0.25, 0.3) is 5.91 Å². The van der Waals surface area contributed by atoms with Gasteiger partial charge >= 0.3 is 5.97 Å². The van der Waals surface area contributed by atoms with Crippen molar-refractivity contribution in [3.05, 3.63) is 40.7 Å². The first-order chi connectivity index (χ1) is 11.9. The van der Waals surface area contributed by atoms with Gasteiger partial charge in [0.15, 0.2) is 5.70 Å². The molecule has 2 heterocycles. The van der Waals surface area contributed by atoms with Crippen LogP contribution in [0.3, 0.4) is 0 Å². The van der Waals surface area contributed by atoms with Gasteiger partial charge in [0, 0.05) is 9.92 Å². The van der Waals surface area contributed by atoms with Gasteiger partial charge in [0.1, 0.15) is 17.2 Å². The molecule has 3 N–H and O–H groups in total. The summed E-state index contributed by atoms with van der Waals surface area (Å²) >= 11 is 8.31. The van der Waals surface area contributed by atoms with Crippen molar-refractivity contribution < 1.29 is 24.6 Å². The molecule has 0 aromatic heterocycles. The van der Waals surface area contributed by atoms with E-state index >= 15 is 0 Å². The van der Waals surface area contributed by atoms with Gasteiger partial charge in [-0.05, 0) is 24.3 Å². The van der Waals surface area contributed by atoms with Gasteiger partial charge in [-0.25, -0.2) is 4.79 Å². The zero-order valence-corrected chi connectivity index (χ0v) is 15.0. The van der Waals surface area contributed by atoms with E-state index in [1.54, 1.807) is 24.3 Å². The van der Waals surface area contributed by atoms with Gasteiger partial charge in [0.05, 0.1) is 11.5 Å². The number of benzene rings is 1. The predicted molar refractivity (Wildman–Crippen MR) is 94.5 cm³/mol. The third-order valence-corrected chi connectivity index (χ3v) is 6.18. The Morgan fingerprint density at radius 1 is 1.36 bits per heavy atom. The van der Waals surface area contributed by atoms with Crippen LogP contribution in [0.5, 0.6) is 0 Å². The molecule has 3 rings (SSSR count). The summed E-state index contributed by atoms with van der Waals surface area (Å²) in [5.41, 5.74) is -0.408. The molecule has 7 nitrogen and oxygen atoms in total. The van der Waals surface area contributed by atoms with Gasteiger partial charge in [0.2, 0.25) is 5.91 Å². The Labute approximate surface area is 156 Å². The zero-order chi connectivity index (χ0) is 18.1. The topological polar surface area (TPSA) is 107 Å². The Hall–Kier alpha value is -1.84. The highest BCUT2D eigenvalue weighted by atomic mass is 35.5. The van der Waals surface area contributed by atoms with Gasteiger partial charge < -0.3 is 15.5 Å². The normalized spacial score (nSPS) is 22.3. The molecule has 10 heteroatoms. The van der Waals surface area contributed by atoms with Crippen molar-refractivity contribution in [2.75, 3.05) is 11.5 Å². The zero-order valence-electron chi connectivity index (χ0n) is 12.6. The molecular weight excluding hydrogens is 388 g/mol. The van der Waals surface area contributed by atoms with Crippen LogP contribution in [0.4, 0.5) is 0 Å². The second-order valence-corrected chi connectivity index (χ2v) is 7.89. The smallest absolute Gasteiger partial charge is 0.356 e. The van der Waals surface area contributed by atoms with Crippen LogP contribution in [-0.4, -0.2) is 55.8 Å². The Morgan fingerprint density at radius 3 is 2.68 bits per heavy atom. The quantitative estimate of drug-likeness (QED) is 0.510. The summed E-state index contributed by atoms with van der Waals surface area (Å²) in [7, 11) is 0. The fourth-order valence-corrected chi connectivity index (χ4v) is 4.53. The lowest BCUT2D eigenvalue weighted by molar-refractivity contribution is -0.150. The largest absolute Gasteiger partial charge is 0.509 e. The van der Waals surface area contributed by atoms with Crippen molar-refractivity contribution in [3.63, 3.8) is 0 Å². The summed E-state index contributed by atoms with van der Waals surface area (Å²) in [5.74, 6) is -2.36. The van der Waals surface area contributed by atoms with Crippen molar-refractivity contribution in [1.82, 2.24) is 10.2 Å². The lowest BCUT2D eigenvalue weighted by Crippen LogP contribution is -2.70. The second kappa shape index (κ2) is 7.19. The molecule has 0 saturated carbocycles. The van der Waals surface area contributed by atoms with E-state index < -0.39 is 29.0 Å². The van der Waals surface area contributed by atoms with Crippen LogP contribution >= 0.6 is 35.1 Å². The number of β-lactam (4-membered cyclic amide) rings is 1. The van der Waals surface area contributed by atoms with Gasteiger partial charge in [-0.3, -0.25) is 14.5 Å². The molecule has 2 amide bonds. The van der Waals surface area contributed by atoms with Crippen LogP contribution in [0.2, 0.25) is 5.02 Å². The minimum Gasteiger partial charge on any atom is -0.509 e. The Kier molecular flexibility index (Phi) is 5.16. The number of carbonyl (C=O) groups is 3. The number of aliphatic hydroxyl groups excluding tert-OH is 1. The van der Waals surface area contributed by atoms with Crippen LogP contribution < -0.4 is 5.32 Å². The highest BCUT2D eigenvalue weighted by Crippen LogP contribution is 2.39. The van der Waals surface area contributed by atoms with Crippen molar-refractivity contribution in [3.8, 4) is 0 Å². The second-order valence-electron chi connectivity index (χ2n) is 5.30. The molecule has 0 aliphatic carbocycles. The van der Waals surface area contributed by atoms with E-state index in [0.29, 0.717) is 5.02 Å². The number of carboxylic acid groups (broad SMARTS) is 1. The number of halogens is 1. The molecule has 0 radical (unpaired) electrons. The van der Waals surface area contributed by atoms with E-state index in [4.69, 9.17) is 16.7 Å². The minimum atomic E-state index is -1.36. The fraction of sp³-hybridized carbons (Fsp3) is 0.267. The maximum Gasteiger partial charge on any atom is 0.356 e. The lowest BCUT2D eigenvalue weighted by atomic mass is 10.0. The first-order valence-corrected chi connectivity index (χ1v) is 9.57. The molecule has 1 aromatic carbocycles. The van der Waals surface area contributed by atoms with Crippen molar-refractivity contribution in [1.29, 1.82) is 0 Å². The van der Waals surface area contributed by atoms with Crippen LogP contribution in [0.25, 0.3) is 0 Å². The number of aliphatic carboxylic acids is 1. The molecule has 2 aliphatic heterocycles. The maximum atomic E-state index is 12.2. The molecule has 1 saturated heterocycles. The van der Waals surface area contributed by atoms with E-state index in [1.807, 2.05) is 0 Å². The maximum absolute atomic E-state index is 12.2. The molecule has 0 bridgehead atoms. The SMILES string of the molecule is O=C(CSc1ccc(Cl)cc1)NC1C(=O)N2C(C(=O)O)=C(O)CS[C@@H]12.